The van der Waals surface area contributed by atoms with Crippen LogP contribution in [-0.2, 0) is 13.6 Å². The van der Waals surface area contributed by atoms with Gasteiger partial charge >= 0.3 is 0 Å². The van der Waals surface area contributed by atoms with Crippen LogP contribution in [0.25, 0.3) is 11.4 Å². The second kappa shape index (κ2) is 3.55. The van der Waals surface area contributed by atoms with E-state index in [0.717, 1.165) is 17.0 Å². The monoisotopic (exact) mass is 190 g/mol. The van der Waals surface area contributed by atoms with Gasteiger partial charge < -0.3 is 5.73 Å². The van der Waals surface area contributed by atoms with Crippen molar-refractivity contribution in [3.05, 3.63) is 30.1 Å². The molecule has 3 N–H and O–H groups in total. The van der Waals surface area contributed by atoms with Crippen molar-refractivity contribution in [2.75, 3.05) is 0 Å². The first kappa shape index (κ1) is 8.83. The van der Waals surface area contributed by atoms with Crippen molar-refractivity contribution in [2.24, 2.45) is 12.8 Å². The molecular formula is C9H12N5+. The van der Waals surface area contributed by atoms with Crippen LogP contribution in [0.3, 0.4) is 0 Å². The molecule has 0 radical (unpaired) electrons. The Labute approximate surface area is 81.6 Å². The number of nitrogens with one attached hydrogen (secondary N) is 1. The predicted octanol–water partition coefficient (Wildman–Crippen LogP) is -0.245. The average Bonchev–Trinajstić information content (AvgIpc) is 2.65. The van der Waals surface area contributed by atoms with Crippen LogP contribution in [0, 0.1) is 0 Å². The Morgan fingerprint density at radius 1 is 1.50 bits per heavy atom. The molecule has 0 aliphatic heterocycles. The largest absolute Gasteiger partial charge is 0.326 e. The van der Waals surface area contributed by atoms with Crippen LogP contribution < -0.4 is 10.7 Å². The molecule has 5 nitrogen and oxygen atoms in total. The number of hydrogen-bond acceptors (Lipinski definition) is 3. The standard InChI is InChI=1S/C9H11N5/c1-14-12-6-9(13-14)8-3-2-7(4-10)5-11-8/h2-3,5-6H,4,10H2,1H3/p+1. The summed E-state index contributed by atoms with van der Waals surface area (Å²) in [6.45, 7) is 0.539. The highest BCUT2D eigenvalue weighted by molar-refractivity contribution is 5.47. The number of aryl methyl sites for hydroxylation is 1. The van der Waals surface area contributed by atoms with Crippen molar-refractivity contribution in [1.82, 2.24) is 15.0 Å². The fraction of sp³-hybridized carbons (Fsp3) is 0.222. The summed E-state index contributed by atoms with van der Waals surface area (Å²) in [5.41, 5.74) is 8.33. The van der Waals surface area contributed by atoms with Crippen LogP contribution in [0.2, 0.25) is 0 Å². The summed E-state index contributed by atoms with van der Waals surface area (Å²) in [6.07, 6.45) is 3.60. The Bertz CT molecular complexity index is 417. The summed E-state index contributed by atoms with van der Waals surface area (Å²) >= 11 is 0. The molecule has 5 heteroatoms. The molecule has 0 saturated carbocycles. The first-order chi connectivity index (χ1) is 6.79. The molecule has 0 atom stereocenters. The summed E-state index contributed by atoms with van der Waals surface area (Å²) in [5.74, 6) is 0. The first-order valence-electron chi connectivity index (χ1n) is 4.37. The third-order valence-electron chi connectivity index (χ3n) is 1.99. The van der Waals surface area contributed by atoms with Crippen molar-refractivity contribution in [1.29, 1.82) is 0 Å². The maximum Gasteiger partial charge on any atom is 0.233 e. The molecule has 0 amide bonds. The molecule has 0 fully saturated rings. The van der Waals surface area contributed by atoms with Gasteiger partial charge in [0, 0.05) is 25.2 Å². The summed E-state index contributed by atoms with van der Waals surface area (Å²) in [5, 5.41) is 8.18. The molecule has 14 heavy (non-hydrogen) atoms. The number of hydrogen-bond donors (Lipinski definition) is 1. The quantitative estimate of drug-likeness (QED) is 0.710. The van der Waals surface area contributed by atoms with E-state index in [9.17, 15) is 0 Å². The van der Waals surface area contributed by atoms with Crippen LogP contribution >= 0.6 is 0 Å². The van der Waals surface area contributed by atoms with Gasteiger partial charge in [-0.25, -0.2) is 4.98 Å². The van der Waals surface area contributed by atoms with Gasteiger partial charge in [-0.1, -0.05) is 0 Å². The van der Waals surface area contributed by atoms with Crippen LogP contribution in [-0.4, -0.2) is 15.0 Å². The zero-order valence-electron chi connectivity index (χ0n) is 7.94. The number of aromatic amines is 1. The molecule has 0 saturated heterocycles. The third kappa shape index (κ3) is 1.62. The average molecular weight is 190 g/mol. The third-order valence-corrected chi connectivity index (χ3v) is 1.99. The summed E-state index contributed by atoms with van der Waals surface area (Å²) in [7, 11) is 1.79. The highest BCUT2D eigenvalue weighted by atomic mass is 15.4. The number of rotatable bonds is 2. The van der Waals surface area contributed by atoms with Crippen LogP contribution in [0.15, 0.2) is 24.5 Å². The van der Waals surface area contributed by atoms with Crippen LogP contribution in [0.5, 0.6) is 0 Å². The van der Waals surface area contributed by atoms with E-state index in [1.54, 1.807) is 13.2 Å². The lowest BCUT2D eigenvalue weighted by atomic mass is 10.2. The van der Waals surface area contributed by atoms with Crippen molar-refractivity contribution in [3.63, 3.8) is 0 Å². The van der Waals surface area contributed by atoms with E-state index >= 15 is 0 Å². The SMILES string of the molecule is Cn1ncc(-c2ccc(CN)c[nH+]2)n1. The smallest absolute Gasteiger partial charge is 0.233 e. The van der Waals surface area contributed by atoms with E-state index in [1.165, 1.54) is 4.80 Å². The highest BCUT2D eigenvalue weighted by Gasteiger charge is 2.08. The van der Waals surface area contributed by atoms with Crippen molar-refractivity contribution in [3.8, 4) is 11.4 Å². The molecule has 0 aliphatic rings. The Morgan fingerprint density at radius 3 is 2.86 bits per heavy atom. The highest BCUT2D eigenvalue weighted by Crippen LogP contribution is 2.08. The molecule has 0 aliphatic carbocycles. The zero-order valence-corrected chi connectivity index (χ0v) is 7.94. The van der Waals surface area contributed by atoms with Crippen molar-refractivity contribution in [2.45, 2.75) is 6.54 Å². The van der Waals surface area contributed by atoms with Gasteiger partial charge in [0.15, 0.2) is 11.9 Å². The van der Waals surface area contributed by atoms with E-state index in [4.69, 9.17) is 5.73 Å². The van der Waals surface area contributed by atoms with Gasteiger partial charge in [-0.05, 0) is 6.07 Å². The van der Waals surface area contributed by atoms with E-state index in [0.29, 0.717) is 6.54 Å². The molecule has 2 aromatic heterocycles. The Kier molecular flexibility index (Phi) is 2.24. The number of nitrogens with two attached hydrogens (primary N) is 1. The van der Waals surface area contributed by atoms with Crippen LogP contribution in [0.1, 0.15) is 5.56 Å². The van der Waals surface area contributed by atoms with Gasteiger partial charge in [0.25, 0.3) is 0 Å². The van der Waals surface area contributed by atoms with E-state index in [-0.39, 0.29) is 0 Å². The molecule has 0 aromatic carbocycles. The molecular weight excluding hydrogens is 178 g/mol. The lowest BCUT2D eigenvalue weighted by molar-refractivity contribution is -0.365. The number of nitrogens with zero attached hydrogens (tertiary/aromatic N) is 3. The predicted molar refractivity (Wildman–Crippen MR) is 50.9 cm³/mol. The lowest BCUT2D eigenvalue weighted by Crippen LogP contribution is -2.10. The van der Waals surface area contributed by atoms with E-state index in [1.807, 2.05) is 18.3 Å². The summed E-state index contributed by atoms with van der Waals surface area (Å²) < 4.78 is 0. The van der Waals surface area contributed by atoms with Gasteiger partial charge in [0.05, 0.1) is 6.20 Å². The van der Waals surface area contributed by atoms with Gasteiger partial charge in [-0.2, -0.15) is 9.90 Å². The number of H-pyrrole nitrogens is 1. The fourth-order valence-corrected chi connectivity index (χ4v) is 1.21. The minimum atomic E-state index is 0.539. The zero-order chi connectivity index (χ0) is 9.97. The Hall–Kier alpha value is -1.75. The molecule has 2 aromatic rings. The van der Waals surface area contributed by atoms with Gasteiger partial charge in [-0.3, -0.25) is 0 Å². The summed E-state index contributed by atoms with van der Waals surface area (Å²) in [6, 6.07) is 3.92. The van der Waals surface area contributed by atoms with Crippen molar-refractivity contribution >= 4 is 0 Å². The summed E-state index contributed by atoms with van der Waals surface area (Å²) in [4.78, 5) is 4.65. The minimum absolute atomic E-state index is 0.539. The normalized spacial score (nSPS) is 10.4. The maximum absolute atomic E-state index is 5.49. The first-order valence-corrected chi connectivity index (χ1v) is 4.37. The van der Waals surface area contributed by atoms with Crippen molar-refractivity contribution < 1.29 is 4.98 Å². The second-order valence-corrected chi connectivity index (χ2v) is 3.03. The fourth-order valence-electron chi connectivity index (χ4n) is 1.21. The van der Waals surface area contributed by atoms with Gasteiger partial charge in [-0.15, -0.1) is 5.10 Å². The van der Waals surface area contributed by atoms with E-state index < -0.39 is 0 Å². The lowest BCUT2D eigenvalue weighted by Gasteiger charge is -1.91. The number of pyridine rings is 1. The number of aromatic nitrogens is 4. The Balaban J connectivity index is 2.33. The molecule has 0 spiro atoms. The minimum Gasteiger partial charge on any atom is -0.326 e. The molecule has 2 rings (SSSR count). The van der Waals surface area contributed by atoms with Crippen LogP contribution in [0.4, 0.5) is 0 Å². The molecule has 0 bridgehead atoms. The maximum atomic E-state index is 5.49. The topological polar surface area (TPSA) is 70.9 Å². The molecule has 0 unspecified atom stereocenters. The second-order valence-electron chi connectivity index (χ2n) is 3.03. The molecule has 72 valence electrons. The van der Waals surface area contributed by atoms with Gasteiger partial charge in [0.1, 0.15) is 0 Å². The van der Waals surface area contributed by atoms with Gasteiger partial charge in [0.2, 0.25) is 5.69 Å². The Morgan fingerprint density at radius 2 is 2.36 bits per heavy atom. The van der Waals surface area contributed by atoms with E-state index in [2.05, 4.69) is 15.2 Å². The molecule has 2 heterocycles.